The lowest BCUT2D eigenvalue weighted by Gasteiger charge is -2.08. The van der Waals surface area contributed by atoms with Gasteiger partial charge in [0, 0.05) is 12.1 Å². The van der Waals surface area contributed by atoms with Gasteiger partial charge < -0.3 is 15.2 Å². The van der Waals surface area contributed by atoms with Crippen molar-refractivity contribution in [2.24, 2.45) is 0 Å². The number of nitrogens with zero attached hydrogens (tertiary/aromatic N) is 1. The Bertz CT molecular complexity index is 384. The molecule has 0 radical (unpaired) electrons. The van der Waals surface area contributed by atoms with E-state index in [1.54, 1.807) is 6.92 Å². The summed E-state index contributed by atoms with van der Waals surface area (Å²) >= 11 is 0. The molecule has 6 heteroatoms. The monoisotopic (exact) mass is 225 g/mol. The summed E-state index contributed by atoms with van der Waals surface area (Å²) in [6.07, 6.45) is 0. The fraction of sp³-hybridized carbons (Fsp3) is 0.500. The van der Waals surface area contributed by atoms with E-state index < -0.39 is 5.91 Å². The Morgan fingerprint density at radius 3 is 2.69 bits per heavy atom. The average molecular weight is 225 g/mol. The van der Waals surface area contributed by atoms with E-state index in [0.717, 1.165) is 0 Å². The third-order valence-electron chi connectivity index (χ3n) is 1.71. The molecule has 0 unspecified atom stereocenters. The lowest BCUT2D eigenvalue weighted by atomic mass is 10.3. The molecule has 1 rings (SSSR count). The summed E-state index contributed by atoms with van der Waals surface area (Å²) in [5.41, 5.74) is 0.622. The van der Waals surface area contributed by atoms with Gasteiger partial charge in [0.15, 0.2) is 0 Å². The summed E-state index contributed by atoms with van der Waals surface area (Å²) in [6.45, 7) is 5.33. The zero-order valence-corrected chi connectivity index (χ0v) is 9.53. The lowest BCUT2D eigenvalue weighted by Crippen LogP contribution is -2.39. The van der Waals surface area contributed by atoms with Crippen LogP contribution in [0.5, 0.6) is 0 Å². The van der Waals surface area contributed by atoms with Crippen LogP contribution in [0.15, 0.2) is 10.6 Å². The first-order valence-corrected chi connectivity index (χ1v) is 5.00. The molecule has 0 aromatic carbocycles. The van der Waals surface area contributed by atoms with Crippen LogP contribution >= 0.6 is 0 Å². The summed E-state index contributed by atoms with van der Waals surface area (Å²) in [5.74, 6) is -0.575. The van der Waals surface area contributed by atoms with E-state index in [9.17, 15) is 9.59 Å². The Morgan fingerprint density at radius 1 is 1.50 bits per heavy atom. The van der Waals surface area contributed by atoms with E-state index >= 15 is 0 Å². The van der Waals surface area contributed by atoms with E-state index in [4.69, 9.17) is 4.52 Å². The van der Waals surface area contributed by atoms with Gasteiger partial charge >= 0.3 is 0 Å². The standard InChI is InChI=1S/C10H15N3O3/c1-6(2)12-9(14)5-11-10(15)8-4-7(3)13-16-8/h4,6H,5H2,1-3H3,(H,11,15)(H,12,14). The quantitative estimate of drug-likeness (QED) is 0.768. The molecule has 1 aromatic heterocycles. The van der Waals surface area contributed by atoms with Crippen LogP contribution in [-0.4, -0.2) is 29.6 Å². The molecule has 0 saturated heterocycles. The molecule has 2 amide bonds. The number of hydrogen-bond acceptors (Lipinski definition) is 4. The molecule has 2 N–H and O–H groups in total. The van der Waals surface area contributed by atoms with Crippen molar-refractivity contribution in [1.29, 1.82) is 0 Å². The molecule has 1 aromatic rings. The molecule has 88 valence electrons. The van der Waals surface area contributed by atoms with Crippen molar-refractivity contribution in [3.05, 3.63) is 17.5 Å². The highest BCUT2D eigenvalue weighted by Gasteiger charge is 2.12. The number of hydrogen-bond donors (Lipinski definition) is 2. The molecular formula is C10H15N3O3. The van der Waals surface area contributed by atoms with E-state index in [-0.39, 0.29) is 24.3 Å². The number of amides is 2. The Labute approximate surface area is 93.4 Å². The van der Waals surface area contributed by atoms with Crippen LogP contribution in [0, 0.1) is 6.92 Å². The Balaban J connectivity index is 2.38. The fourth-order valence-electron chi connectivity index (χ4n) is 1.09. The fourth-order valence-corrected chi connectivity index (χ4v) is 1.09. The van der Waals surface area contributed by atoms with Gasteiger partial charge in [-0.3, -0.25) is 9.59 Å². The van der Waals surface area contributed by atoms with Gasteiger partial charge in [0.05, 0.1) is 12.2 Å². The van der Waals surface area contributed by atoms with Crippen LogP contribution in [0.2, 0.25) is 0 Å². The van der Waals surface area contributed by atoms with Gasteiger partial charge in [-0.05, 0) is 20.8 Å². The second kappa shape index (κ2) is 5.29. The minimum absolute atomic E-state index is 0.0527. The zero-order valence-electron chi connectivity index (χ0n) is 9.53. The van der Waals surface area contributed by atoms with Crippen molar-refractivity contribution in [3.8, 4) is 0 Å². The molecule has 16 heavy (non-hydrogen) atoms. The second-order valence-electron chi connectivity index (χ2n) is 3.74. The maximum Gasteiger partial charge on any atom is 0.290 e. The first-order chi connectivity index (χ1) is 7.49. The summed E-state index contributed by atoms with van der Waals surface area (Å²) in [6, 6.07) is 1.56. The summed E-state index contributed by atoms with van der Waals surface area (Å²) in [4.78, 5) is 22.6. The largest absolute Gasteiger partial charge is 0.352 e. The van der Waals surface area contributed by atoms with Crippen LogP contribution in [0.3, 0.4) is 0 Å². The summed E-state index contributed by atoms with van der Waals surface area (Å²) < 4.78 is 4.75. The predicted octanol–water partition coefficient (Wildman–Crippen LogP) is 0.237. The minimum atomic E-state index is -0.445. The number of rotatable bonds is 4. The van der Waals surface area contributed by atoms with Crippen molar-refractivity contribution >= 4 is 11.8 Å². The van der Waals surface area contributed by atoms with Crippen LogP contribution in [0.1, 0.15) is 30.1 Å². The second-order valence-corrected chi connectivity index (χ2v) is 3.74. The molecule has 6 nitrogen and oxygen atoms in total. The van der Waals surface area contributed by atoms with Crippen molar-refractivity contribution in [1.82, 2.24) is 15.8 Å². The number of aryl methyl sites for hydroxylation is 1. The Kier molecular flexibility index (Phi) is 4.04. The third-order valence-corrected chi connectivity index (χ3v) is 1.71. The predicted molar refractivity (Wildman–Crippen MR) is 56.9 cm³/mol. The van der Waals surface area contributed by atoms with Crippen molar-refractivity contribution < 1.29 is 14.1 Å². The van der Waals surface area contributed by atoms with Gasteiger partial charge in [0.25, 0.3) is 5.91 Å². The van der Waals surface area contributed by atoms with E-state index in [1.807, 2.05) is 13.8 Å². The highest BCUT2D eigenvalue weighted by Crippen LogP contribution is 2.00. The number of aromatic nitrogens is 1. The van der Waals surface area contributed by atoms with Crippen molar-refractivity contribution in [2.45, 2.75) is 26.8 Å². The molecule has 0 bridgehead atoms. The van der Waals surface area contributed by atoms with E-state index in [0.29, 0.717) is 5.69 Å². The molecular weight excluding hydrogens is 210 g/mol. The smallest absolute Gasteiger partial charge is 0.290 e. The van der Waals surface area contributed by atoms with Gasteiger partial charge in [0.1, 0.15) is 0 Å². The number of carbonyl (C=O) groups excluding carboxylic acids is 2. The summed E-state index contributed by atoms with van der Waals surface area (Å²) in [7, 11) is 0. The molecule has 0 spiro atoms. The minimum Gasteiger partial charge on any atom is -0.352 e. The third kappa shape index (κ3) is 3.72. The molecule has 1 heterocycles. The SMILES string of the molecule is Cc1cc(C(=O)NCC(=O)NC(C)C)on1. The van der Waals surface area contributed by atoms with Gasteiger partial charge in [-0.2, -0.15) is 0 Å². The maximum atomic E-state index is 11.4. The van der Waals surface area contributed by atoms with Gasteiger partial charge in [-0.1, -0.05) is 5.16 Å². The van der Waals surface area contributed by atoms with Crippen molar-refractivity contribution in [2.75, 3.05) is 6.54 Å². The zero-order chi connectivity index (χ0) is 12.1. The molecule has 0 saturated carbocycles. The van der Waals surface area contributed by atoms with Crippen LogP contribution in [0.25, 0.3) is 0 Å². The van der Waals surface area contributed by atoms with Crippen LogP contribution in [-0.2, 0) is 4.79 Å². The molecule has 0 aliphatic rings. The van der Waals surface area contributed by atoms with Crippen LogP contribution < -0.4 is 10.6 Å². The Morgan fingerprint density at radius 2 is 2.19 bits per heavy atom. The van der Waals surface area contributed by atoms with Crippen molar-refractivity contribution in [3.63, 3.8) is 0 Å². The van der Waals surface area contributed by atoms with Gasteiger partial charge in [0.2, 0.25) is 11.7 Å². The number of carbonyl (C=O) groups is 2. The maximum absolute atomic E-state index is 11.4. The highest BCUT2D eigenvalue weighted by atomic mass is 16.5. The first-order valence-electron chi connectivity index (χ1n) is 5.00. The molecule has 0 fully saturated rings. The lowest BCUT2D eigenvalue weighted by molar-refractivity contribution is -0.120. The average Bonchev–Trinajstić information content (AvgIpc) is 2.60. The molecule has 0 atom stereocenters. The van der Waals surface area contributed by atoms with E-state index in [2.05, 4.69) is 15.8 Å². The normalized spacial score (nSPS) is 10.2. The molecule has 0 aliphatic carbocycles. The first kappa shape index (κ1) is 12.2. The van der Waals surface area contributed by atoms with E-state index in [1.165, 1.54) is 6.07 Å². The van der Waals surface area contributed by atoms with Gasteiger partial charge in [-0.15, -0.1) is 0 Å². The van der Waals surface area contributed by atoms with Crippen LogP contribution in [0.4, 0.5) is 0 Å². The topological polar surface area (TPSA) is 84.2 Å². The number of nitrogens with one attached hydrogen (secondary N) is 2. The summed E-state index contributed by atoms with van der Waals surface area (Å²) in [5, 5.41) is 8.66. The highest BCUT2D eigenvalue weighted by molar-refractivity contribution is 5.94. The molecule has 0 aliphatic heterocycles. The van der Waals surface area contributed by atoms with Gasteiger partial charge in [-0.25, -0.2) is 0 Å². The Hall–Kier alpha value is -1.85.